The van der Waals surface area contributed by atoms with E-state index in [2.05, 4.69) is 6.58 Å². The van der Waals surface area contributed by atoms with Gasteiger partial charge in [0.05, 0.1) is 12.0 Å². The van der Waals surface area contributed by atoms with Crippen LogP contribution in [0, 0.1) is 11.3 Å². The molecule has 3 nitrogen and oxygen atoms in total. The molecule has 1 fully saturated rings. The Balaban J connectivity index is 2.98. The largest absolute Gasteiger partial charge is 0.481 e. The summed E-state index contributed by atoms with van der Waals surface area (Å²) in [6, 6.07) is 0. The highest BCUT2D eigenvalue weighted by atomic mass is 16.5. The summed E-state index contributed by atoms with van der Waals surface area (Å²) in [5.74, 6) is -1.28. The van der Waals surface area contributed by atoms with Crippen molar-refractivity contribution in [3.05, 3.63) is 12.2 Å². The van der Waals surface area contributed by atoms with Gasteiger partial charge in [-0.25, -0.2) is 0 Å². The van der Waals surface area contributed by atoms with Gasteiger partial charge in [-0.1, -0.05) is 26.0 Å². The van der Waals surface area contributed by atoms with E-state index in [1.165, 1.54) is 0 Å². The molecule has 0 aromatic rings. The molecule has 0 unspecified atom stereocenters. The minimum atomic E-state index is -0.790. The Morgan fingerprint density at radius 3 is 2.64 bits per heavy atom. The van der Waals surface area contributed by atoms with Gasteiger partial charge in [0.25, 0.3) is 0 Å². The average Bonchev–Trinajstić information content (AvgIpc) is 2.01. The lowest BCUT2D eigenvalue weighted by molar-refractivity contribution is -0.150. The van der Waals surface area contributed by atoms with E-state index >= 15 is 0 Å². The molecule has 0 saturated heterocycles. The van der Waals surface area contributed by atoms with Gasteiger partial charge in [-0.2, -0.15) is 0 Å². The summed E-state index contributed by atoms with van der Waals surface area (Å²) < 4.78 is 5.33. The van der Waals surface area contributed by atoms with E-state index in [0.29, 0.717) is 0 Å². The van der Waals surface area contributed by atoms with Crippen molar-refractivity contribution in [1.82, 2.24) is 0 Å². The third-order valence-electron chi connectivity index (χ3n) is 3.24. The maximum atomic E-state index is 11.1. The van der Waals surface area contributed by atoms with Gasteiger partial charge in [0.1, 0.15) is 0 Å². The van der Waals surface area contributed by atoms with Crippen molar-refractivity contribution in [2.45, 2.75) is 32.8 Å². The van der Waals surface area contributed by atoms with Crippen LogP contribution in [0.1, 0.15) is 26.7 Å². The van der Waals surface area contributed by atoms with Crippen molar-refractivity contribution in [3.63, 3.8) is 0 Å². The first-order chi connectivity index (χ1) is 6.41. The average molecular weight is 198 g/mol. The van der Waals surface area contributed by atoms with Crippen molar-refractivity contribution in [2.75, 3.05) is 7.11 Å². The summed E-state index contributed by atoms with van der Waals surface area (Å²) in [5.41, 5.74) is 0.450. The Morgan fingerprint density at radius 2 is 2.21 bits per heavy atom. The van der Waals surface area contributed by atoms with Crippen LogP contribution in [0.5, 0.6) is 0 Å². The lowest BCUT2D eigenvalue weighted by Crippen LogP contribution is -2.45. The van der Waals surface area contributed by atoms with Crippen molar-refractivity contribution >= 4 is 5.97 Å². The normalized spacial score (nSPS) is 31.5. The van der Waals surface area contributed by atoms with Gasteiger partial charge >= 0.3 is 5.97 Å². The molecule has 1 N–H and O–H groups in total. The van der Waals surface area contributed by atoms with Gasteiger partial charge < -0.3 is 9.84 Å². The molecule has 0 heterocycles. The number of methoxy groups -OCH3 is 1. The summed E-state index contributed by atoms with van der Waals surface area (Å²) in [7, 11) is 1.64. The third-order valence-corrected chi connectivity index (χ3v) is 3.24. The van der Waals surface area contributed by atoms with Crippen LogP contribution in [0.2, 0.25) is 0 Å². The molecule has 0 aromatic carbocycles. The number of aliphatic carboxylic acids is 1. The molecule has 2 atom stereocenters. The molecule has 0 spiro atoms. The van der Waals surface area contributed by atoms with Crippen LogP contribution >= 0.6 is 0 Å². The van der Waals surface area contributed by atoms with E-state index < -0.39 is 11.9 Å². The van der Waals surface area contributed by atoms with Gasteiger partial charge in [0.2, 0.25) is 0 Å². The molecule has 1 aliphatic rings. The molecule has 0 radical (unpaired) electrons. The minimum Gasteiger partial charge on any atom is -0.481 e. The van der Waals surface area contributed by atoms with E-state index in [-0.39, 0.29) is 11.5 Å². The maximum absolute atomic E-state index is 11.1. The van der Waals surface area contributed by atoms with E-state index in [0.717, 1.165) is 18.4 Å². The highest BCUT2D eigenvalue weighted by Gasteiger charge is 2.46. The van der Waals surface area contributed by atoms with Crippen LogP contribution in [0.4, 0.5) is 0 Å². The Bertz CT molecular complexity index is 255. The zero-order valence-electron chi connectivity index (χ0n) is 9.04. The molecule has 1 aliphatic carbocycles. The quantitative estimate of drug-likeness (QED) is 0.691. The number of hydrogen-bond acceptors (Lipinski definition) is 2. The Kier molecular flexibility index (Phi) is 3.00. The number of carboxylic acid groups (broad SMARTS) is 1. The summed E-state index contributed by atoms with van der Waals surface area (Å²) >= 11 is 0. The first-order valence-corrected chi connectivity index (χ1v) is 4.84. The van der Waals surface area contributed by atoms with Crippen molar-refractivity contribution in [1.29, 1.82) is 0 Å². The molecule has 3 heteroatoms. The van der Waals surface area contributed by atoms with E-state index in [4.69, 9.17) is 9.84 Å². The summed E-state index contributed by atoms with van der Waals surface area (Å²) in [6.45, 7) is 7.71. The fourth-order valence-electron chi connectivity index (χ4n) is 2.46. The lowest BCUT2D eigenvalue weighted by atomic mass is 9.65. The second kappa shape index (κ2) is 3.73. The lowest BCUT2D eigenvalue weighted by Gasteiger charge is -2.43. The predicted molar refractivity (Wildman–Crippen MR) is 54.1 cm³/mol. The van der Waals surface area contributed by atoms with Crippen LogP contribution in [0.15, 0.2) is 12.2 Å². The van der Waals surface area contributed by atoms with E-state index in [1.54, 1.807) is 7.11 Å². The van der Waals surface area contributed by atoms with Crippen molar-refractivity contribution in [3.8, 4) is 0 Å². The molecule has 0 amide bonds. The molecule has 0 bridgehead atoms. The smallest absolute Gasteiger partial charge is 0.311 e. The molecule has 0 aliphatic heterocycles. The van der Waals surface area contributed by atoms with Gasteiger partial charge in [-0.15, -0.1) is 0 Å². The van der Waals surface area contributed by atoms with E-state index in [9.17, 15) is 4.79 Å². The van der Waals surface area contributed by atoms with Gasteiger partial charge in [0.15, 0.2) is 0 Å². The highest BCUT2D eigenvalue weighted by molar-refractivity contribution is 5.75. The number of ether oxygens (including phenoxy) is 1. The van der Waals surface area contributed by atoms with Gasteiger partial charge in [-0.05, 0) is 12.8 Å². The zero-order valence-corrected chi connectivity index (χ0v) is 9.04. The first kappa shape index (κ1) is 11.2. The van der Waals surface area contributed by atoms with E-state index in [1.807, 2.05) is 13.8 Å². The molecule has 1 rings (SSSR count). The Labute approximate surface area is 84.8 Å². The summed E-state index contributed by atoms with van der Waals surface area (Å²) in [6.07, 6.45) is 1.62. The Morgan fingerprint density at radius 1 is 1.64 bits per heavy atom. The van der Waals surface area contributed by atoms with Crippen LogP contribution < -0.4 is 0 Å². The van der Waals surface area contributed by atoms with Crippen molar-refractivity contribution < 1.29 is 14.6 Å². The number of carbonyl (C=O) groups is 1. The number of carboxylic acids is 1. The minimum absolute atomic E-state index is 0.00843. The maximum Gasteiger partial charge on any atom is 0.311 e. The fraction of sp³-hybridized carbons (Fsp3) is 0.727. The second-order valence-electron chi connectivity index (χ2n) is 4.51. The highest BCUT2D eigenvalue weighted by Crippen LogP contribution is 2.44. The monoisotopic (exact) mass is 198 g/mol. The van der Waals surface area contributed by atoms with Gasteiger partial charge in [-0.3, -0.25) is 4.79 Å². The molecular formula is C11H18O3. The third kappa shape index (κ3) is 1.69. The zero-order chi connectivity index (χ0) is 10.9. The summed E-state index contributed by atoms with van der Waals surface area (Å²) in [5, 5.41) is 9.14. The number of hydrogen-bond donors (Lipinski definition) is 1. The SMILES string of the molecule is C=C1CC[C@@H](OC)C(C)(C)[C@@H]1C(=O)O. The first-order valence-electron chi connectivity index (χ1n) is 4.84. The number of rotatable bonds is 2. The fourth-order valence-corrected chi connectivity index (χ4v) is 2.46. The second-order valence-corrected chi connectivity index (χ2v) is 4.51. The molecule has 80 valence electrons. The van der Waals surface area contributed by atoms with Crippen LogP contribution in [-0.2, 0) is 9.53 Å². The van der Waals surface area contributed by atoms with Crippen LogP contribution in [-0.4, -0.2) is 24.3 Å². The topological polar surface area (TPSA) is 46.5 Å². The van der Waals surface area contributed by atoms with Crippen molar-refractivity contribution in [2.24, 2.45) is 11.3 Å². The summed E-state index contributed by atoms with van der Waals surface area (Å²) in [4.78, 5) is 11.1. The van der Waals surface area contributed by atoms with Gasteiger partial charge in [0, 0.05) is 12.5 Å². The molecule has 1 saturated carbocycles. The standard InChI is InChI=1S/C11H18O3/c1-7-5-6-8(14-4)11(2,3)9(7)10(12)13/h8-9H,1,5-6H2,2-4H3,(H,12,13)/t8-,9+/m1/s1. The molecule has 14 heavy (non-hydrogen) atoms. The predicted octanol–water partition coefficient (Wildman–Crippen LogP) is 2.08. The Hall–Kier alpha value is -0.830. The van der Waals surface area contributed by atoms with Crippen LogP contribution in [0.25, 0.3) is 0 Å². The molecule has 0 aromatic heterocycles. The van der Waals surface area contributed by atoms with Crippen LogP contribution in [0.3, 0.4) is 0 Å². The molecular weight excluding hydrogens is 180 g/mol.